The summed E-state index contributed by atoms with van der Waals surface area (Å²) in [6.07, 6.45) is 1.62. The van der Waals surface area contributed by atoms with E-state index in [0.29, 0.717) is 6.54 Å². The van der Waals surface area contributed by atoms with Gasteiger partial charge in [-0.3, -0.25) is 4.79 Å². The molecule has 2 aromatic rings. The van der Waals surface area contributed by atoms with Crippen LogP contribution in [0.15, 0.2) is 48.5 Å². The summed E-state index contributed by atoms with van der Waals surface area (Å²) < 4.78 is 12.8. The van der Waals surface area contributed by atoms with Crippen molar-refractivity contribution in [2.75, 3.05) is 0 Å². The fourth-order valence-electron chi connectivity index (χ4n) is 2.68. The Morgan fingerprint density at radius 2 is 1.65 bits per heavy atom. The van der Waals surface area contributed by atoms with Gasteiger partial charge < -0.3 is 5.32 Å². The van der Waals surface area contributed by atoms with Crippen LogP contribution >= 0.6 is 0 Å². The molecule has 0 bridgehead atoms. The van der Waals surface area contributed by atoms with Crippen molar-refractivity contribution in [3.8, 4) is 0 Å². The summed E-state index contributed by atoms with van der Waals surface area (Å²) in [6.45, 7) is 0.450. The maximum absolute atomic E-state index is 12.8. The Labute approximate surface area is 117 Å². The van der Waals surface area contributed by atoms with Crippen molar-refractivity contribution in [3.63, 3.8) is 0 Å². The molecule has 0 aromatic heterocycles. The summed E-state index contributed by atoms with van der Waals surface area (Å²) in [5.41, 5.74) is 3.46. The van der Waals surface area contributed by atoms with Crippen LogP contribution in [0, 0.1) is 11.7 Å². The number of fused-ring (bicyclic) bond motifs is 1. The fraction of sp³-hybridized carbons (Fsp3) is 0.235. The van der Waals surface area contributed by atoms with E-state index in [4.69, 9.17) is 0 Å². The van der Waals surface area contributed by atoms with E-state index in [0.717, 1.165) is 18.4 Å². The second kappa shape index (κ2) is 5.45. The molecule has 3 rings (SSSR count). The molecule has 0 radical (unpaired) electrons. The van der Waals surface area contributed by atoms with Gasteiger partial charge in [0, 0.05) is 12.5 Å². The summed E-state index contributed by atoms with van der Waals surface area (Å²) >= 11 is 0. The maximum atomic E-state index is 12.8. The number of amides is 1. The molecule has 1 N–H and O–H groups in total. The average molecular weight is 269 g/mol. The summed E-state index contributed by atoms with van der Waals surface area (Å²) in [6, 6.07) is 14.4. The second-order valence-corrected chi connectivity index (χ2v) is 5.22. The Balaban J connectivity index is 1.57. The first kappa shape index (κ1) is 12.9. The molecule has 3 heteroatoms. The summed E-state index contributed by atoms with van der Waals surface area (Å²) in [7, 11) is 0. The fourth-order valence-corrected chi connectivity index (χ4v) is 2.68. The average Bonchev–Trinajstić information content (AvgIpc) is 2.90. The molecule has 0 aliphatic heterocycles. The first-order valence-corrected chi connectivity index (χ1v) is 6.81. The Morgan fingerprint density at radius 3 is 2.25 bits per heavy atom. The van der Waals surface area contributed by atoms with Gasteiger partial charge in [0.05, 0.1) is 0 Å². The zero-order valence-corrected chi connectivity index (χ0v) is 11.1. The highest BCUT2D eigenvalue weighted by Gasteiger charge is 2.26. The highest BCUT2D eigenvalue weighted by Crippen LogP contribution is 2.26. The van der Waals surface area contributed by atoms with Crippen LogP contribution in [0.3, 0.4) is 0 Å². The van der Waals surface area contributed by atoms with E-state index >= 15 is 0 Å². The van der Waals surface area contributed by atoms with Gasteiger partial charge in [-0.25, -0.2) is 4.39 Å². The Bertz CT molecular complexity index is 596. The predicted octanol–water partition coefficient (Wildman–Crippen LogP) is 2.86. The maximum Gasteiger partial charge on any atom is 0.224 e. The molecule has 0 heterocycles. The number of carbonyl (C=O) groups excluding carboxylic acids is 1. The third-order valence-corrected chi connectivity index (χ3v) is 3.80. The molecule has 0 saturated heterocycles. The molecule has 0 spiro atoms. The van der Waals surface area contributed by atoms with Gasteiger partial charge in [0.15, 0.2) is 0 Å². The van der Waals surface area contributed by atoms with Crippen molar-refractivity contribution in [3.05, 3.63) is 71.0 Å². The predicted molar refractivity (Wildman–Crippen MR) is 75.6 cm³/mol. The number of hydrogen-bond acceptors (Lipinski definition) is 1. The van der Waals surface area contributed by atoms with Crippen LogP contribution < -0.4 is 5.32 Å². The lowest BCUT2D eigenvalue weighted by Gasteiger charge is -2.10. The lowest BCUT2D eigenvalue weighted by Crippen LogP contribution is -2.30. The molecule has 0 fully saturated rings. The molecule has 1 aliphatic carbocycles. The number of hydrogen-bond donors (Lipinski definition) is 1. The Kier molecular flexibility index (Phi) is 3.50. The zero-order valence-electron chi connectivity index (χ0n) is 11.1. The highest BCUT2D eigenvalue weighted by atomic mass is 19.1. The molecule has 0 atom stereocenters. The molecular weight excluding hydrogens is 253 g/mol. The minimum Gasteiger partial charge on any atom is -0.352 e. The quantitative estimate of drug-likeness (QED) is 0.912. The molecule has 0 saturated carbocycles. The third-order valence-electron chi connectivity index (χ3n) is 3.80. The summed E-state index contributed by atoms with van der Waals surface area (Å²) in [5.74, 6) is -0.162. The molecule has 0 unspecified atom stereocenters. The Hall–Kier alpha value is -2.16. The topological polar surface area (TPSA) is 29.1 Å². The van der Waals surface area contributed by atoms with Gasteiger partial charge in [0.1, 0.15) is 5.82 Å². The molecule has 2 aromatic carbocycles. The van der Waals surface area contributed by atoms with Gasteiger partial charge >= 0.3 is 0 Å². The van der Waals surface area contributed by atoms with Gasteiger partial charge in [0.2, 0.25) is 5.91 Å². The third kappa shape index (κ3) is 2.72. The van der Waals surface area contributed by atoms with E-state index in [2.05, 4.69) is 17.4 Å². The minimum atomic E-state index is -0.258. The first-order chi connectivity index (χ1) is 9.72. The highest BCUT2D eigenvalue weighted by molar-refractivity contribution is 5.80. The van der Waals surface area contributed by atoms with Crippen molar-refractivity contribution in [2.45, 2.75) is 19.4 Å². The summed E-state index contributed by atoms with van der Waals surface area (Å²) in [4.78, 5) is 12.2. The number of carbonyl (C=O) groups is 1. The molecule has 20 heavy (non-hydrogen) atoms. The van der Waals surface area contributed by atoms with Crippen LogP contribution in [-0.4, -0.2) is 5.91 Å². The van der Waals surface area contributed by atoms with E-state index in [9.17, 15) is 9.18 Å². The number of nitrogens with one attached hydrogen (secondary N) is 1. The monoisotopic (exact) mass is 269 g/mol. The van der Waals surface area contributed by atoms with Crippen molar-refractivity contribution < 1.29 is 9.18 Å². The van der Waals surface area contributed by atoms with E-state index in [1.54, 1.807) is 12.1 Å². The van der Waals surface area contributed by atoms with E-state index < -0.39 is 0 Å². The van der Waals surface area contributed by atoms with E-state index in [1.807, 2.05) is 12.1 Å². The SMILES string of the molecule is O=C(NCc1ccc(F)cc1)C1Cc2ccccc2C1. The van der Waals surface area contributed by atoms with Gasteiger partial charge in [-0.2, -0.15) is 0 Å². The van der Waals surface area contributed by atoms with Crippen molar-refractivity contribution in [2.24, 2.45) is 5.92 Å². The largest absolute Gasteiger partial charge is 0.352 e. The van der Waals surface area contributed by atoms with Crippen molar-refractivity contribution >= 4 is 5.91 Å². The van der Waals surface area contributed by atoms with E-state index in [1.165, 1.54) is 23.3 Å². The molecular formula is C17H16FNO. The first-order valence-electron chi connectivity index (χ1n) is 6.81. The van der Waals surface area contributed by atoms with Gasteiger partial charge in [-0.05, 0) is 41.7 Å². The molecule has 1 amide bonds. The van der Waals surface area contributed by atoms with Gasteiger partial charge in [0.25, 0.3) is 0 Å². The van der Waals surface area contributed by atoms with Crippen LogP contribution in [0.4, 0.5) is 4.39 Å². The zero-order chi connectivity index (χ0) is 13.9. The Morgan fingerprint density at radius 1 is 1.05 bits per heavy atom. The molecule has 2 nitrogen and oxygen atoms in total. The van der Waals surface area contributed by atoms with Crippen LogP contribution in [0.2, 0.25) is 0 Å². The number of halogens is 1. The van der Waals surface area contributed by atoms with Crippen LogP contribution in [0.5, 0.6) is 0 Å². The summed E-state index contributed by atoms with van der Waals surface area (Å²) in [5, 5.41) is 2.93. The normalized spacial score (nSPS) is 14.1. The van der Waals surface area contributed by atoms with Crippen molar-refractivity contribution in [1.82, 2.24) is 5.32 Å². The standard InChI is InChI=1S/C17H16FNO/c18-16-7-5-12(6-8-16)11-19-17(20)15-9-13-3-1-2-4-14(13)10-15/h1-8,15H,9-11H2,(H,19,20). The lowest BCUT2D eigenvalue weighted by atomic mass is 10.1. The van der Waals surface area contributed by atoms with Crippen LogP contribution in [0.1, 0.15) is 16.7 Å². The van der Waals surface area contributed by atoms with Crippen LogP contribution in [-0.2, 0) is 24.2 Å². The molecule has 102 valence electrons. The van der Waals surface area contributed by atoms with Gasteiger partial charge in [-0.1, -0.05) is 36.4 Å². The van der Waals surface area contributed by atoms with Crippen molar-refractivity contribution in [1.29, 1.82) is 0 Å². The van der Waals surface area contributed by atoms with Crippen LogP contribution in [0.25, 0.3) is 0 Å². The smallest absolute Gasteiger partial charge is 0.224 e. The van der Waals surface area contributed by atoms with E-state index in [-0.39, 0.29) is 17.6 Å². The molecule has 1 aliphatic rings. The number of rotatable bonds is 3. The second-order valence-electron chi connectivity index (χ2n) is 5.22. The minimum absolute atomic E-state index is 0.0212. The lowest BCUT2D eigenvalue weighted by molar-refractivity contribution is -0.124. The van der Waals surface area contributed by atoms with Gasteiger partial charge in [-0.15, -0.1) is 0 Å². The number of benzene rings is 2.